The number of carbonyl (C=O) groups excluding carboxylic acids is 2. The first-order valence-electron chi connectivity index (χ1n) is 7.02. The molecule has 1 aliphatic heterocycles. The van der Waals surface area contributed by atoms with Crippen molar-refractivity contribution < 1.29 is 9.59 Å². The molecule has 0 radical (unpaired) electrons. The van der Waals surface area contributed by atoms with E-state index in [4.69, 9.17) is 0 Å². The van der Waals surface area contributed by atoms with E-state index in [0.717, 1.165) is 29.4 Å². The number of fused-ring (bicyclic) bond motifs is 1. The number of carbonyl (C=O) groups is 2. The lowest BCUT2D eigenvalue weighted by Gasteiger charge is -2.16. The Morgan fingerprint density at radius 2 is 1.95 bits per heavy atom. The summed E-state index contributed by atoms with van der Waals surface area (Å²) in [5, 5.41) is 2.91. The zero-order chi connectivity index (χ0) is 14.1. The zero-order valence-corrected chi connectivity index (χ0v) is 12.8. The largest absolute Gasteiger partial charge is 0.333 e. The lowest BCUT2D eigenvalue weighted by Crippen LogP contribution is -2.34. The van der Waals surface area contributed by atoms with E-state index in [-0.39, 0.29) is 18.4 Å². The van der Waals surface area contributed by atoms with Gasteiger partial charge in [0.05, 0.1) is 12.2 Å². The third-order valence-corrected chi connectivity index (χ3v) is 4.62. The van der Waals surface area contributed by atoms with Crippen LogP contribution in [0.3, 0.4) is 0 Å². The molecule has 1 heterocycles. The van der Waals surface area contributed by atoms with E-state index in [1.54, 1.807) is 4.90 Å². The number of aryl methyl sites for hydroxylation is 2. The molecule has 1 aromatic rings. The predicted octanol–water partition coefficient (Wildman–Crippen LogP) is 2.50. The maximum Gasteiger partial charge on any atom is 0.244 e. The fraction of sp³-hybridized carbons (Fsp3) is 0.467. The molecule has 2 aliphatic rings. The van der Waals surface area contributed by atoms with E-state index < -0.39 is 0 Å². The second kappa shape index (κ2) is 5.56. The van der Waals surface area contributed by atoms with Crippen LogP contribution in [-0.2, 0) is 22.4 Å². The summed E-state index contributed by atoms with van der Waals surface area (Å²) in [6.07, 6.45) is 4.80. The molecule has 0 unspecified atom stereocenters. The average molecular weight is 337 g/mol. The smallest absolute Gasteiger partial charge is 0.244 e. The molecule has 106 valence electrons. The number of nitrogens with one attached hydrogen (secondary N) is 1. The van der Waals surface area contributed by atoms with Crippen LogP contribution in [0.15, 0.2) is 16.6 Å². The van der Waals surface area contributed by atoms with E-state index in [9.17, 15) is 9.59 Å². The van der Waals surface area contributed by atoms with Crippen LogP contribution in [0, 0.1) is 0 Å². The summed E-state index contributed by atoms with van der Waals surface area (Å²) in [6.45, 7) is 0.847. The van der Waals surface area contributed by atoms with Gasteiger partial charge in [0, 0.05) is 17.4 Å². The van der Waals surface area contributed by atoms with Crippen LogP contribution in [0.4, 0.5) is 5.69 Å². The molecule has 4 nitrogen and oxygen atoms in total. The van der Waals surface area contributed by atoms with E-state index >= 15 is 0 Å². The van der Waals surface area contributed by atoms with Crippen molar-refractivity contribution in [2.75, 3.05) is 18.4 Å². The van der Waals surface area contributed by atoms with Crippen LogP contribution in [0.1, 0.15) is 30.4 Å². The number of amides is 2. The molecule has 0 saturated carbocycles. The second-order valence-electron chi connectivity index (χ2n) is 5.42. The molecule has 1 saturated heterocycles. The fourth-order valence-electron chi connectivity index (χ4n) is 2.92. The van der Waals surface area contributed by atoms with Crippen LogP contribution in [0.2, 0.25) is 0 Å². The van der Waals surface area contributed by atoms with Crippen LogP contribution >= 0.6 is 15.9 Å². The van der Waals surface area contributed by atoms with Gasteiger partial charge in [-0.2, -0.15) is 0 Å². The van der Waals surface area contributed by atoms with Crippen molar-refractivity contribution in [3.8, 4) is 0 Å². The van der Waals surface area contributed by atoms with Crippen molar-refractivity contribution in [1.29, 1.82) is 0 Å². The number of halogens is 1. The molecule has 1 N–H and O–H groups in total. The summed E-state index contributed by atoms with van der Waals surface area (Å²) in [7, 11) is 0. The molecule has 1 aromatic carbocycles. The van der Waals surface area contributed by atoms with Gasteiger partial charge in [-0.05, 0) is 64.9 Å². The number of hydrogen-bond acceptors (Lipinski definition) is 2. The molecule has 1 aliphatic carbocycles. The molecule has 0 aromatic heterocycles. The summed E-state index contributed by atoms with van der Waals surface area (Å²) < 4.78 is 0.916. The van der Waals surface area contributed by atoms with Gasteiger partial charge < -0.3 is 10.2 Å². The van der Waals surface area contributed by atoms with E-state index in [0.29, 0.717) is 13.0 Å². The minimum absolute atomic E-state index is 0.0770. The highest BCUT2D eigenvalue weighted by Gasteiger charge is 2.23. The van der Waals surface area contributed by atoms with Crippen molar-refractivity contribution in [3.63, 3.8) is 0 Å². The Hall–Kier alpha value is -1.36. The quantitative estimate of drug-likeness (QED) is 0.921. The predicted molar refractivity (Wildman–Crippen MR) is 80.6 cm³/mol. The van der Waals surface area contributed by atoms with E-state index in [1.165, 1.54) is 17.5 Å². The number of anilines is 1. The number of benzene rings is 1. The average Bonchev–Trinajstić information content (AvgIpc) is 2.99. The van der Waals surface area contributed by atoms with Crippen molar-refractivity contribution in [3.05, 3.63) is 27.7 Å². The first-order chi connectivity index (χ1) is 9.63. The molecular weight excluding hydrogens is 320 g/mol. The Balaban J connectivity index is 1.68. The van der Waals surface area contributed by atoms with Crippen molar-refractivity contribution in [2.24, 2.45) is 0 Å². The van der Waals surface area contributed by atoms with Gasteiger partial charge in [0.15, 0.2) is 0 Å². The standard InChI is InChI=1S/C15H17BrN2O2/c16-12-7-10-3-1-4-11(10)8-13(12)17-14(19)9-18-6-2-5-15(18)20/h7-8H,1-6,9H2,(H,17,19). The molecular formula is C15H17BrN2O2. The van der Waals surface area contributed by atoms with Gasteiger partial charge in [-0.3, -0.25) is 9.59 Å². The lowest BCUT2D eigenvalue weighted by molar-refractivity contribution is -0.131. The molecule has 2 amide bonds. The molecule has 1 fully saturated rings. The highest BCUT2D eigenvalue weighted by atomic mass is 79.9. The Morgan fingerprint density at radius 1 is 1.20 bits per heavy atom. The molecule has 0 bridgehead atoms. The van der Waals surface area contributed by atoms with Gasteiger partial charge in [0.2, 0.25) is 11.8 Å². The van der Waals surface area contributed by atoms with Gasteiger partial charge in [0.1, 0.15) is 0 Å². The normalized spacial score (nSPS) is 17.4. The summed E-state index contributed by atoms with van der Waals surface area (Å²) >= 11 is 3.51. The number of likely N-dealkylation sites (tertiary alicyclic amines) is 1. The van der Waals surface area contributed by atoms with Gasteiger partial charge in [-0.15, -0.1) is 0 Å². The number of nitrogens with zero attached hydrogens (tertiary/aromatic N) is 1. The Kier molecular flexibility index (Phi) is 3.78. The highest BCUT2D eigenvalue weighted by Crippen LogP contribution is 2.31. The van der Waals surface area contributed by atoms with Crippen molar-refractivity contribution in [2.45, 2.75) is 32.1 Å². The maximum absolute atomic E-state index is 12.0. The monoisotopic (exact) mass is 336 g/mol. The van der Waals surface area contributed by atoms with Gasteiger partial charge in [-0.1, -0.05) is 0 Å². The van der Waals surface area contributed by atoms with Crippen LogP contribution in [0.5, 0.6) is 0 Å². The topological polar surface area (TPSA) is 49.4 Å². The van der Waals surface area contributed by atoms with Crippen molar-refractivity contribution in [1.82, 2.24) is 4.90 Å². The highest BCUT2D eigenvalue weighted by molar-refractivity contribution is 9.10. The minimum atomic E-state index is -0.126. The first-order valence-corrected chi connectivity index (χ1v) is 7.82. The Bertz CT molecular complexity index is 571. The Morgan fingerprint density at radius 3 is 2.65 bits per heavy atom. The van der Waals surface area contributed by atoms with Gasteiger partial charge in [-0.25, -0.2) is 0 Å². The third-order valence-electron chi connectivity index (χ3n) is 3.96. The van der Waals surface area contributed by atoms with Gasteiger partial charge >= 0.3 is 0 Å². The second-order valence-corrected chi connectivity index (χ2v) is 6.28. The lowest BCUT2D eigenvalue weighted by atomic mass is 10.1. The van der Waals surface area contributed by atoms with Gasteiger partial charge in [0.25, 0.3) is 0 Å². The van der Waals surface area contributed by atoms with Crippen molar-refractivity contribution >= 4 is 33.4 Å². The summed E-state index contributed by atoms with van der Waals surface area (Å²) in [5.41, 5.74) is 3.49. The van der Waals surface area contributed by atoms with Crippen LogP contribution in [-0.4, -0.2) is 29.8 Å². The number of hydrogen-bond donors (Lipinski definition) is 1. The van der Waals surface area contributed by atoms with Crippen LogP contribution in [0.25, 0.3) is 0 Å². The molecule has 3 rings (SSSR count). The van der Waals surface area contributed by atoms with E-state index in [1.807, 2.05) is 0 Å². The van der Waals surface area contributed by atoms with Crippen LogP contribution < -0.4 is 5.32 Å². The fourth-order valence-corrected chi connectivity index (χ4v) is 3.41. The molecule has 20 heavy (non-hydrogen) atoms. The maximum atomic E-state index is 12.0. The Labute approximate surface area is 126 Å². The zero-order valence-electron chi connectivity index (χ0n) is 11.2. The first kappa shape index (κ1) is 13.6. The minimum Gasteiger partial charge on any atom is -0.333 e. The molecule has 0 atom stereocenters. The summed E-state index contributed by atoms with van der Waals surface area (Å²) in [4.78, 5) is 25.2. The SMILES string of the molecule is O=C(CN1CCCC1=O)Nc1cc2c(cc1Br)CCC2. The third kappa shape index (κ3) is 2.73. The summed E-state index contributed by atoms with van der Waals surface area (Å²) in [6, 6.07) is 4.15. The number of rotatable bonds is 3. The molecule has 0 spiro atoms. The molecule has 5 heteroatoms. The van der Waals surface area contributed by atoms with E-state index in [2.05, 4.69) is 33.4 Å². The summed E-state index contributed by atoms with van der Waals surface area (Å²) in [5.74, 6) is -0.0490.